The number of ether oxygens (including phenoxy) is 3. The van der Waals surface area contributed by atoms with Crippen LogP contribution in [-0.2, 0) is 31.8 Å². The zero-order valence-electron chi connectivity index (χ0n) is 30.0. The van der Waals surface area contributed by atoms with Gasteiger partial charge < -0.3 is 24.2 Å². The van der Waals surface area contributed by atoms with E-state index >= 15 is 0 Å². The molecule has 2 aromatic heterocycles. The molecule has 3 heterocycles. The molecular weight excluding hydrogens is 618 g/mol. The van der Waals surface area contributed by atoms with E-state index in [1.807, 2.05) is 33.8 Å². The summed E-state index contributed by atoms with van der Waals surface area (Å²) in [7, 11) is 0. The number of aromatic nitrogens is 3. The van der Waals surface area contributed by atoms with Crippen LogP contribution < -0.4 is 4.90 Å². The molecule has 0 spiro atoms. The summed E-state index contributed by atoms with van der Waals surface area (Å²) in [6.07, 6.45) is 5.21. The molecule has 48 heavy (non-hydrogen) atoms. The molecule has 0 aliphatic carbocycles. The predicted molar refractivity (Wildman–Crippen MR) is 182 cm³/mol. The third kappa shape index (κ3) is 9.65. The van der Waals surface area contributed by atoms with Crippen molar-refractivity contribution in [2.24, 2.45) is 5.92 Å². The quantitative estimate of drug-likeness (QED) is 0.129. The molecule has 3 aromatic rings. The van der Waals surface area contributed by atoms with Gasteiger partial charge >= 0.3 is 5.97 Å². The monoisotopic (exact) mass is 672 g/mol. The Morgan fingerprint density at radius 2 is 1.79 bits per heavy atom. The number of hydrogen-bond acceptors (Lipinski definition) is 8. The average Bonchev–Trinajstić information content (AvgIpc) is 3.39. The Bertz CT molecular complexity index is 1540. The standard InChI is InChI=1S/C37H54F2N4O5/c1-9-46-35(45)33(48-36(5,6)7)31-25(4)40-30-23-28(15-12-14-26-21-27(38)22-29(39)32(26)44)41-43(30)34(31)42-18-16-37(8,17-19-42)47-20-11-10-13-24(2)3/h21-24,33,44H,9-20H2,1-8H3/t33-/m0/s1. The molecule has 11 heteroatoms. The zero-order valence-corrected chi connectivity index (χ0v) is 30.0. The highest BCUT2D eigenvalue weighted by Gasteiger charge is 2.38. The first-order chi connectivity index (χ1) is 22.6. The van der Waals surface area contributed by atoms with E-state index in [2.05, 4.69) is 25.7 Å². The molecule has 1 aliphatic rings. The Morgan fingerprint density at radius 1 is 1.08 bits per heavy atom. The van der Waals surface area contributed by atoms with Crippen LogP contribution in [-0.4, -0.2) is 63.2 Å². The minimum Gasteiger partial charge on any atom is -0.505 e. The minimum absolute atomic E-state index is 0.208. The van der Waals surface area contributed by atoms with Crippen LogP contribution in [0.4, 0.5) is 14.6 Å². The van der Waals surface area contributed by atoms with Gasteiger partial charge in [0.15, 0.2) is 23.3 Å². The van der Waals surface area contributed by atoms with Crippen molar-refractivity contribution in [2.75, 3.05) is 31.2 Å². The summed E-state index contributed by atoms with van der Waals surface area (Å²) < 4.78 is 47.8. The number of carbonyl (C=O) groups is 1. The van der Waals surface area contributed by atoms with Crippen molar-refractivity contribution in [3.63, 3.8) is 0 Å². The third-order valence-corrected chi connectivity index (χ3v) is 8.82. The predicted octanol–water partition coefficient (Wildman–Crippen LogP) is 7.82. The van der Waals surface area contributed by atoms with Gasteiger partial charge in [-0.2, -0.15) is 9.61 Å². The van der Waals surface area contributed by atoms with Crippen LogP contribution in [0.25, 0.3) is 5.65 Å². The number of hydrogen-bond donors (Lipinski definition) is 1. The van der Waals surface area contributed by atoms with Gasteiger partial charge in [0.2, 0.25) is 0 Å². The van der Waals surface area contributed by atoms with E-state index in [4.69, 9.17) is 24.3 Å². The fourth-order valence-electron chi connectivity index (χ4n) is 6.27. The molecule has 1 saturated heterocycles. The molecule has 4 rings (SSSR count). The maximum absolute atomic E-state index is 13.9. The van der Waals surface area contributed by atoms with Crippen LogP contribution in [0.1, 0.15) is 116 Å². The lowest BCUT2D eigenvalue weighted by Gasteiger charge is -2.41. The Morgan fingerprint density at radius 3 is 2.44 bits per heavy atom. The number of anilines is 1. The van der Waals surface area contributed by atoms with Gasteiger partial charge in [0, 0.05) is 37.5 Å². The number of phenolic OH excluding ortho intramolecular Hbond substituents is 1. The van der Waals surface area contributed by atoms with Crippen molar-refractivity contribution in [1.82, 2.24) is 14.6 Å². The van der Waals surface area contributed by atoms with Crippen LogP contribution in [0.2, 0.25) is 0 Å². The van der Waals surface area contributed by atoms with Gasteiger partial charge in [-0.15, -0.1) is 0 Å². The Balaban J connectivity index is 1.66. The molecular formula is C37H54F2N4O5. The number of halogens is 2. The first-order valence-electron chi connectivity index (χ1n) is 17.4. The topological polar surface area (TPSA) is 98.4 Å². The second kappa shape index (κ2) is 15.9. The fraction of sp³-hybridized carbons (Fsp3) is 0.649. The van der Waals surface area contributed by atoms with Crippen molar-refractivity contribution in [3.05, 3.63) is 52.3 Å². The van der Waals surface area contributed by atoms with E-state index in [0.29, 0.717) is 54.8 Å². The van der Waals surface area contributed by atoms with E-state index in [1.165, 1.54) is 6.42 Å². The summed E-state index contributed by atoms with van der Waals surface area (Å²) in [6.45, 7) is 18.3. The van der Waals surface area contributed by atoms with E-state index < -0.39 is 35.1 Å². The molecule has 0 radical (unpaired) electrons. The van der Waals surface area contributed by atoms with Gasteiger partial charge in [-0.1, -0.05) is 26.7 Å². The third-order valence-electron chi connectivity index (χ3n) is 8.82. The van der Waals surface area contributed by atoms with Gasteiger partial charge in [-0.05, 0) is 97.6 Å². The summed E-state index contributed by atoms with van der Waals surface area (Å²) in [5, 5.41) is 15.0. The zero-order chi connectivity index (χ0) is 35.2. The van der Waals surface area contributed by atoms with Crippen molar-refractivity contribution >= 4 is 17.4 Å². The Hall–Kier alpha value is -3.31. The number of benzene rings is 1. The van der Waals surface area contributed by atoms with Gasteiger partial charge in [0.1, 0.15) is 11.6 Å². The number of aryl methyl sites for hydroxylation is 3. The van der Waals surface area contributed by atoms with E-state index in [9.17, 15) is 18.7 Å². The second-order valence-electron chi connectivity index (χ2n) is 14.6. The molecule has 266 valence electrons. The van der Waals surface area contributed by atoms with E-state index in [1.54, 1.807) is 11.4 Å². The number of aromatic hydroxyl groups is 1. The lowest BCUT2D eigenvalue weighted by atomic mass is 9.92. The summed E-state index contributed by atoms with van der Waals surface area (Å²) in [5.41, 5.74) is 1.90. The van der Waals surface area contributed by atoms with Crippen molar-refractivity contribution < 1.29 is 32.9 Å². The molecule has 9 nitrogen and oxygen atoms in total. The highest BCUT2D eigenvalue weighted by atomic mass is 19.1. The maximum Gasteiger partial charge on any atom is 0.340 e. The van der Waals surface area contributed by atoms with Gasteiger partial charge in [-0.25, -0.2) is 18.6 Å². The smallest absolute Gasteiger partial charge is 0.340 e. The number of nitrogens with zero attached hydrogens (tertiary/aromatic N) is 4. The van der Waals surface area contributed by atoms with Crippen molar-refractivity contribution in [3.8, 4) is 5.75 Å². The van der Waals surface area contributed by atoms with Crippen molar-refractivity contribution in [1.29, 1.82) is 0 Å². The number of unbranched alkanes of at least 4 members (excludes halogenated alkanes) is 1. The first-order valence-corrected chi connectivity index (χ1v) is 17.4. The van der Waals surface area contributed by atoms with Gasteiger partial charge in [-0.3, -0.25) is 0 Å². The largest absolute Gasteiger partial charge is 0.505 e. The van der Waals surface area contributed by atoms with Gasteiger partial charge in [0.05, 0.1) is 29.1 Å². The van der Waals surface area contributed by atoms with Crippen LogP contribution in [0, 0.1) is 24.5 Å². The maximum atomic E-state index is 13.9. The molecule has 1 fully saturated rings. The fourth-order valence-corrected chi connectivity index (χ4v) is 6.27. The minimum atomic E-state index is -1.03. The SMILES string of the molecule is CCOC(=O)[C@@H](OC(C)(C)C)c1c(C)nc2cc(CCCc3cc(F)cc(F)c3O)nn2c1N1CCC(C)(OCCCCC(C)C)CC1. The van der Waals surface area contributed by atoms with E-state index in [0.717, 1.165) is 49.9 Å². The number of rotatable bonds is 15. The lowest BCUT2D eigenvalue weighted by molar-refractivity contribution is -0.166. The molecule has 1 atom stereocenters. The lowest BCUT2D eigenvalue weighted by Crippen LogP contribution is -2.46. The van der Waals surface area contributed by atoms with Crippen molar-refractivity contribution in [2.45, 2.75) is 124 Å². The van der Waals surface area contributed by atoms with Gasteiger partial charge in [0.25, 0.3) is 0 Å². The highest BCUT2D eigenvalue weighted by Crippen LogP contribution is 2.38. The second-order valence-corrected chi connectivity index (χ2v) is 14.6. The Labute approximate surface area is 284 Å². The summed E-state index contributed by atoms with van der Waals surface area (Å²) >= 11 is 0. The molecule has 0 amide bonds. The number of piperidine rings is 1. The molecule has 0 bridgehead atoms. The van der Waals surface area contributed by atoms with E-state index in [-0.39, 0.29) is 24.2 Å². The highest BCUT2D eigenvalue weighted by molar-refractivity contribution is 5.80. The Kier molecular flexibility index (Phi) is 12.5. The normalized spacial score (nSPS) is 15.8. The van der Waals surface area contributed by atoms with Crippen LogP contribution in [0.3, 0.4) is 0 Å². The number of esters is 1. The first kappa shape index (κ1) is 37.5. The summed E-state index contributed by atoms with van der Waals surface area (Å²) in [5.74, 6) is -1.30. The summed E-state index contributed by atoms with van der Waals surface area (Å²) in [4.78, 5) is 20.6. The van der Waals surface area contributed by atoms with Crippen LogP contribution in [0.5, 0.6) is 5.75 Å². The number of carbonyl (C=O) groups excluding carboxylic acids is 1. The number of phenols is 1. The number of fused-ring (bicyclic) bond motifs is 1. The molecule has 0 saturated carbocycles. The molecule has 1 N–H and O–H groups in total. The molecule has 1 aromatic carbocycles. The average molecular weight is 673 g/mol. The summed E-state index contributed by atoms with van der Waals surface area (Å²) in [6, 6.07) is 3.72. The molecule has 0 unspecified atom stereocenters. The van der Waals surface area contributed by atoms with Crippen LogP contribution >= 0.6 is 0 Å². The molecule has 1 aliphatic heterocycles. The van der Waals surface area contributed by atoms with Crippen LogP contribution in [0.15, 0.2) is 18.2 Å².